The molecule has 0 aliphatic carbocycles. The minimum absolute atomic E-state index is 0.0355. The maximum Gasteiger partial charge on any atom is 0.419 e. The van der Waals surface area contributed by atoms with Crippen LogP contribution >= 0.6 is 0 Å². The first-order valence-corrected chi connectivity index (χ1v) is 12.6. The second kappa shape index (κ2) is 11.8. The Hall–Kier alpha value is -3.98. The van der Waals surface area contributed by atoms with E-state index in [9.17, 15) is 26.4 Å². The molecule has 0 unspecified atom stereocenters. The summed E-state index contributed by atoms with van der Waals surface area (Å²) in [5.74, 6) is -0.529. The highest BCUT2D eigenvalue weighted by molar-refractivity contribution is 7.88. The molecule has 3 rings (SSSR count). The predicted octanol–water partition coefficient (Wildman–Crippen LogP) is 2.72. The molecule has 1 amide bonds. The largest absolute Gasteiger partial charge is 0.492 e. The molecule has 0 atom stereocenters. The number of benzene rings is 1. The fourth-order valence-corrected chi connectivity index (χ4v) is 3.51. The zero-order valence-corrected chi connectivity index (χ0v) is 20.6. The first-order chi connectivity index (χ1) is 17.5. The second-order valence-electron chi connectivity index (χ2n) is 7.55. The maximum absolute atomic E-state index is 13.4. The Balaban J connectivity index is 1.75. The van der Waals surface area contributed by atoms with Crippen molar-refractivity contribution in [2.24, 2.45) is 0 Å². The van der Waals surface area contributed by atoms with Gasteiger partial charge in [0.25, 0.3) is 5.91 Å². The molecule has 3 aromatic rings. The van der Waals surface area contributed by atoms with Crippen LogP contribution in [-0.2, 0) is 22.7 Å². The predicted molar refractivity (Wildman–Crippen MR) is 131 cm³/mol. The maximum atomic E-state index is 13.4. The number of alkyl halides is 3. The van der Waals surface area contributed by atoms with Gasteiger partial charge in [0.15, 0.2) is 0 Å². The molecule has 2 aromatic heterocycles. The van der Waals surface area contributed by atoms with Gasteiger partial charge < -0.3 is 20.7 Å². The Morgan fingerprint density at radius 1 is 1.11 bits per heavy atom. The monoisotopic (exact) mass is 539 g/mol. The van der Waals surface area contributed by atoms with Crippen molar-refractivity contribution in [2.45, 2.75) is 12.7 Å². The fraction of sp³-hybridized carbons (Fsp3) is 0.273. The number of halogens is 3. The zero-order chi connectivity index (χ0) is 27.1. The summed E-state index contributed by atoms with van der Waals surface area (Å²) < 4.78 is 69.9. The van der Waals surface area contributed by atoms with Crippen LogP contribution in [0.25, 0.3) is 0 Å². The van der Waals surface area contributed by atoms with Gasteiger partial charge in [0, 0.05) is 37.7 Å². The lowest BCUT2D eigenvalue weighted by molar-refractivity contribution is -0.138. The summed E-state index contributed by atoms with van der Waals surface area (Å²) in [6.07, 6.45) is -0.758. The molecule has 15 heteroatoms. The Bertz CT molecular complexity index is 1350. The Labute approximate surface area is 210 Å². The number of anilines is 3. The molecular weight excluding hydrogens is 515 g/mol. The smallest absolute Gasteiger partial charge is 0.419 e. The first-order valence-electron chi connectivity index (χ1n) is 10.7. The van der Waals surface area contributed by atoms with Crippen LogP contribution in [-0.4, -0.2) is 55.7 Å². The van der Waals surface area contributed by atoms with Crippen molar-refractivity contribution < 1.29 is 31.1 Å². The van der Waals surface area contributed by atoms with Gasteiger partial charge in [-0.05, 0) is 30.3 Å². The van der Waals surface area contributed by atoms with E-state index in [0.717, 1.165) is 24.5 Å². The van der Waals surface area contributed by atoms with Crippen molar-refractivity contribution in [3.05, 3.63) is 65.6 Å². The molecule has 1 aromatic carbocycles. The van der Waals surface area contributed by atoms with E-state index in [0.29, 0.717) is 11.6 Å². The van der Waals surface area contributed by atoms with Crippen LogP contribution in [0.1, 0.15) is 21.6 Å². The standard InChI is InChI=1S/C22H24F3N7O4S/c1-26-21-28-9-7-15(32-21)13-29-19-16(4-3-8-27-19)20(33)31-14-5-6-17(22(23,24)25)18(12-14)36-11-10-30-37(2,34)35/h3-9,12,30H,10-11,13H2,1-2H3,(H,27,29)(H,31,33)(H,26,28,32). The van der Waals surface area contributed by atoms with E-state index in [-0.39, 0.29) is 36.8 Å². The van der Waals surface area contributed by atoms with Gasteiger partial charge in [-0.15, -0.1) is 0 Å². The van der Waals surface area contributed by atoms with Crippen molar-refractivity contribution in [3.63, 3.8) is 0 Å². The number of pyridine rings is 1. The second-order valence-corrected chi connectivity index (χ2v) is 9.39. The van der Waals surface area contributed by atoms with E-state index in [1.165, 1.54) is 12.3 Å². The molecule has 2 heterocycles. The van der Waals surface area contributed by atoms with Crippen LogP contribution < -0.4 is 25.4 Å². The van der Waals surface area contributed by atoms with Crippen LogP contribution in [0.3, 0.4) is 0 Å². The number of nitrogens with one attached hydrogen (secondary N) is 4. The summed E-state index contributed by atoms with van der Waals surface area (Å²) in [4.78, 5) is 25.4. The summed E-state index contributed by atoms with van der Waals surface area (Å²) in [5.41, 5.74) is -0.260. The summed E-state index contributed by atoms with van der Waals surface area (Å²) in [6.45, 7) is -0.365. The third-order valence-electron chi connectivity index (χ3n) is 4.69. The van der Waals surface area contributed by atoms with Crippen molar-refractivity contribution in [1.29, 1.82) is 0 Å². The lowest BCUT2D eigenvalue weighted by Crippen LogP contribution is -2.27. The van der Waals surface area contributed by atoms with Crippen molar-refractivity contribution in [2.75, 3.05) is 42.4 Å². The number of nitrogens with zero attached hydrogens (tertiary/aromatic N) is 3. The number of hydrogen-bond acceptors (Lipinski definition) is 9. The van der Waals surface area contributed by atoms with Crippen molar-refractivity contribution in [3.8, 4) is 5.75 Å². The number of aromatic nitrogens is 3. The van der Waals surface area contributed by atoms with E-state index in [1.54, 1.807) is 25.4 Å². The lowest BCUT2D eigenvalue weighted by Gasteiger charge is -2.16. The highest BCUT2D eigenvalue weighted by Gasteiger charge is 2.34. The van der Waals surface area contributed by atoms with Gasteiger partial charge in [-0.1, -0.05) is 0 Å². The van der Waals surface area contributed by atoms with E-state index in [1.807, 2.05) is 0 Å². The normalized spacial score (nSPS) is 11.6. The third kappa shape index (κ3) is 8.28. The van der Waals surface area contributed by atoms with Crippen molar-refractivity contribution in [1.82, 2.24) is 19.7 Å². The van der Waals surface area contributed by atoms with Crippen LogP contribution in [0.5, 0.6) is 5.75 Å². The molecule has 0 saturated heterocycles. The van der Waals surface area contributed by atoms with Crippen LogP contribution in [0.4, 0.5) is 30.6 Å². The van der Waals surface area contributed by atoms with Gasteiger partial charge in [0.2, 0.25) is 16.0 Å². The molecule has 0 fully saturated rings. The highest BCUT2D eigenvalue weighted by Crippen LogP contribution is 2.37. The first kappa shape index (κ1) is 27.6. The number of hydrogen-bond donors (Lipinski definition) is 4. The molecule has 0 aliphatic rings. The van der Waals surface area contributed by atoms with Gasteiger partial charge in [-0.3, -0.25) is 4.79 Å². The average Bonchev–Trinajstić information content (AvgIpc) is 2.84. The molecule has 4 N–H and O–H groups in total. The molecule has 0 saturated carbocycles. The van der Waals surface area contributed by atoms with Crippen molar-refractivity contribution >= 4 is 33.4 Å². The fourth-order valence-electron chi connectivity index (χ4n) is 3.06. The van der Waals surface area contributed by atoms with Gasteiger partial charge in [0.1, 0.15) is 18.2 Å². The number of amides is 1. The Morgan fingerprint density at radius 3 is 2.59 bits per heavy atom. The van der Waals surface area contributed by atoms with E-state index in [2.05, 4.69) is 35.6 Å². The lowest BCUT2D eigenvalue weighted by atomic mass is 10.1. The Kier molecular flexibility index (Phi) is 8.83. The topological polar surface area (TPSA) is 147 Å². The van der Waals surface area contributed by atoms with Gasteiger partial charge in [0.05, 0.1) is 29.6 Å². The van der Waals surface area contributed by atoms with Crippen LogP contribution in [0.15, 0.2) is 48.8 Å². The highest BCUT2D eigenvalue weighted by atomic mass is 32.2. The van der Waals surface area contributed by atoms with E-state index in [4.69, 9.17) is 4.74 Å². The van der Waals surface area contributed by atoms with Crippen LogP contribution in [0.2, 0.25) is 0 Å². The molecule has 0 bridgehead atoms. The number of rotatable bonds is 11. The van der Waals surface area contributed by atoms with Crippen LogP contribution in [0, 0.1) is 0 Å². The van der Waals surface area contributed by atoms with E-state index >= 15 is 0 Å². The third-order valence-corrected chi connectivity index (χ3v) is 5.42. The molecule has 0 radical (unpaired) electrons. The molecule has 0 spiro atoms. The molecule has 198 valence electrons. The van der Waals surface area contributed by atoms with Gasteiger partial charge in [-0.25, -0.2) is 28.1 Å². The average molecular weight is 540 g/mol. The quantitative estimate of drug-likeness (QED) is 0.270. The zero-order valence-electron chi connectivity index (χ0n) is 19.8. The molecule has 0 aliphatic heterocycles. The summed E-state index contributed by atoms with van der Waals surface area (Å²) in [7, 11) is -1.85. The minimum atomic E-state index is -4.73. The number of carbonyl (C=O) groups excluding carboxylic acids is 1. The SMILES string of the molecule is CNc1nccc(CNc2ncccc2C(=O)Nc2ccc(C(F)(F)F)c(OCCNS(C)(=O)=O)c2)n1. The Morgan fingerprint density at radius 2 is 1.89 bits per heavy atom. The summed E-state index contributed by atoms with van der Waals surface area (Å²) in [5, 5.41) is 8.37. The number of ether oxygens (including phenoxy) is 1. The minimum Gasteiger partial charge on any atom is -0.492 e. The summed E-state index contributed by atoms with van der Waals surface area (Å²) in [6, 6.07) is 7.61. The number of sulfonamides is 1. The number of carbonyl (C=O) groups is 1. The van der Waals surface area contributed by atoms with E-state index < -0.39 is 33.4 Å². The molecule has 11 nitrogen and oxygen atoms in total. The van der Waals surface area contributed by atoms with Gasteiger partial charge in [-0.2, -0.15) is 13.2 Å². The molecular formula is C22H24F3N7O4S. The van der Waals surface area contributed by atoms with Gasteiger partial charge >= 0.3 is 6.18 Å². The molecule has 37 heavy (non-hydrogen) atoms. The summed E-state index contributed by atoms with van der Waals surface area (Å²) >= 11 is 0.